The highest BCUT2D eigenvalue weighted by Gasteiger charge is 2.03. The second kappa shape index (κ2) is 5.62. The van der Waals surface area contributed by atoms with Crippen molar-refractivity contribution in [1.82, 2.24) is 0 Å². The van der Waals surface area contributed by atoms with Crippen LogP contribution in [0, 0.1) is 17.8 Å². The van der Waals surface area contributed by atoms with Gasteiger partial charge in [0.2, 0.25) is 0 Å². The molecule has 2 unspecified atom stereocenters. The third-order valence-electron chi connectivity index (χ3n) is 1.35. The minimum absolute atomic E-state index is 0.286. The molecular weight excluding hydrogens is 144 g/mol. The Morgan fingerprint density at radius 3 is 2.40 bits per heavy atom. The van der Waals surface area contributed by atoms with Crippen LogP contribution in [-0.2, 0) is 0 Å². The molecule has 0 radical (unpaired) electrons. The molecule has 0 rings (SSSR count). The monoisotopic (exact) mass is 158 g/mol. The molecule has 0 heterocycles. The lowest BCUT2D eigenvalue weighted by Gasteiger charge is -2.07. The molecule has 0 aromatic heterocycles. The summed E-state index contributed by atoms with van der Waals surface area (Å²) in [5.74, 6) is 6.56. The van der Waals surface area contributed by atoms with E-state index < -0.39 is 0 Å². The molecule has 2 atom stereocenters. The van der Waals surface area contributed by atoms with Crippen LogP contribution in [0.4, 0.5) is 0 Å². The van der Waals surface area contributed by atoms with Gasteiger partial charge < -0.3 is 0 Å². The van der Waals surface area contributed by atoms with Gasteiger partial charge in [-0.2, -0.15) is 0 Å². The number of hydrogen-bond donors (Lipinski definition) is 0. The Hall–Kier alpha value is -0.150. The zero-order valence-corrected chi connectivity index (χ0v) is 7.70. The van der Waals surface area contributed by atoms with Gasteiger partial charge in [-0.25, -0.2) is 0 Å². The summed E-state index contributed by atoms with van der Waals surface area (Å²) in [6.07, 6.45) is 2.05. The van der Waals surface area contributed by atoms with Crippen LogP contribution in [0.5, 0.6) is 0 Å². The lowest BCUT2D eigenvalue weighted by molar-refractivity contribution is 0.543. The van der Waals surface area contributed by atoms with Gasteiger partial charge in [0.15, 0.2) is 0 Å². The topological polar surface area (TPSA) is 0 Å². The van der Waals surface area contributed by atoms with Crippen molar-refractivity contribution in [3.05, 3.63) is 0 Å². The minimum Gasteiger partial charge on any atom is -0.123 e. The van der Waals surface area contributed by atoms with Crippen LogP contribution >= 0.6 is 11.6 Å². The van der Waals surface area contributed by atoms with E-state index in [1.54, 1.807) is 0 Å². The first-order valence-corrected chi connectivity index (χ1v) is 4.14. The zero-order valence-electron chi connectivity index (χ0n) is 6.95. The highest BCUT2D eigenvalue weighted by atomic mass is 35.5. The smallest absolute Gasteiger partial charge is 0.0310 e. The molecule has 1 heteroatoms. The molecule has 10 heavy (non-hydrogen) atoms. The van der Waals surface area contributed by atoms with Crippen molar-refractivity contribution in [3.63, 3.8) is 0 Å². The molecule has 0 bridgehead atoms. The van der Waals surface area contributed by atoms with E-state index in [4.69, 9.17) is 11.6 Å². The SMILES string of the molecule is CC#CCC(C)CC(C)Cl. The van der Waals surface area contributed by atoms with E-state index in [9.17, 15) is 0 Å². The van der Waals surface area contributed by atoms with Crippen LogP contribution in [0.3, 0.4) is 0 Å². The normalized spacial score (nSPS) is 15.2. The van der Waals surface area contributed by atoms with Crippen LogP contribution in [0.2, 0.25) is 0 Å². The molecular formula is C9H15Cl. The first kappa shape index (κ1) is 9.85. The van der Waals surface area contributed by atoms with Gasteiger partial charge in [0.25, 0.3) is 0 Å². The minimum atomic E-state index is 0.286. The Balaban J connectivity index is 3.40. The third kappa shape index (κ3) is 5.98. The van der Waals surface area contributed by atoms with Crippen molar-refractivity contribution in [2.75, 3.05) is 0 Å². The van der Waals surface area contributed by atoms with Crippen LogP contribution in [0.15, 0.2) is 0 Å². The summed E-state index contributed by atoms with van der Waals surface area (Å²) in [6, 6.07) is 0. The van der Waals surface area contributed by atoms with Crippen molar-refractivity contribution in [2.45, 2.75) is 39.0 Å². The maximum atomic E-state index is 5.80. The first-order chi connectivity index (χ1) is 4.66. The van der Waals surface area contributed by atoms with Crippen molar-refractivity contribution in [2.24, 2.45) is 5.92 Å². The predicted molar refractivity (Wildman–Crippen MR) is 47.2 cm³/mol. The first-order valence-electron chi connectivity index (χ1n) is 3.70. The molecule has 0 N–H and O–H groups in total. The third-order valence-corrected chi connectivity index (χ3v) is 1.53. The summed E-state index contributed by atoms with van der Waals surface area (Å²) in [7, 11) is 0. The van der Waals surface area contributed by atoms with Gasteiger partial charge >= 0.3 is 0 Å². The molecule has 0 aliphatic rings. The van der Waals surface area contributed by atoms with Crippen LogP contribution in [-0.4, -0.2) is 5.38 Å². The summed E-state index contributed by atoms with van der Waals surface area (Å²) in [5, 5.41) is 0.286. The van der Waals surface area contributed by atoms with Gasteiger partial charge in [-0.1, -0.05) is 6.92 Å². The highest BCUT2D eigenvalue weighted by Crippen LogP contribution is 2.12. The molecule has 0 aliphatic carbocycles. The van der Waals surface area contributed by atoms with Gasteiger partial charge in [-0.05, 0) is 26.2 Å². The number of alkyl halides is 1. The van der Waals surface area contributed by atoms with Crippen LogP contribution < -0.4 is 0 Å². The van der Waals surface area contributed by atoms with E-state index in [2.05, 4.69) is 18.8 Å². The predicted octanol–water partition coefficient (Wildman–Crippen LogP) is 3.05. The fraction of sp³-hybridized carbons (Fsp3) is 0.778. The molecule has 58 valence electrons. The van der Waals surface area contributed by atoms with E-state index in [0.29, 0.717) is 5.92 Å². The van der Waals surface area contributed by atoms with Crippen LogP contribution in [0.1, 0.15) is 33.6 Å². The Labute approximate surface area is 69.0 Å². The summed E-state index contributed by atoms with van der Waals surface area (Å²) < 4.78 is 0. The molecule has 0 amide bonds. The lowest BCUT2D eigenvalue weighted by Crippen LogP contribution is -2.00. The average Bonchev–Trinajstić information content (AvgIpc) is 1.82. The maximum Gasteiger partial charge on any atom is 0.0310 e. The number of hydrogen-bond acceptors (Lipinski definition) is 0. The molecule has 0 spiro atoms. The van der Waals surface area contributed by atoms with Gasteiger partial charge in [0.1, 0.15) is 0 Å². The average molecular weight is 159 g/mol. The van der Waals surface area contributed by atoms with Gasteiger partial charge in [0, 0.05) is 11.8 Å². The quantitative estimate of drug-likeness (QED) is 0.438. The van der Waals surface area contributed by atoms with Crippen molar-refractivity contribution < 1.29 is 0 Å². The fourth-order valence-corrected chi connectivity index (χ4v) is 1.22. The summed E-state index contributed by atoms with van der Waals surface area (Å²) in [4.78, 5) is 0. The Bertz CT molecular complexity index is 127. The molecule has 0 aromatic rings. The Kier molecular flexibility index (Phi) is 5.54. The van der Waals surface area contributed by atoms with E-state index >= 15 is 0 Å². The fourth-order valence-electron chi connectivity index (χ4n) is 0.914. The van der Waals surface area contributed by atoms with E-state index in [1.807, 2.05) is 13.8 Å². The van der Waals surface area contributed by atoms with E-state index in [0.717, 1.165) is 12.8 Å². The summed E-state index contributed by atoms with van der Waals surface area (Å²) in [5.41, 5.74) is 0. The zero-order chi connectivity index (χ0) is 7.98. The Morgan fingerprint density at radius 1 is 1.40 bits per heavy atom. The second-order valence-electron chi connectivity index (χ2n) is 2.75. The summed E-state index contributed by atoms with van der Waals surface area (Å²) >= 11 is 5.80. The maximum absolute atomic E-state index is 5.80. The van der Waals surface area contributed by atoms with Crippen molar-refractivity contribution in [1.29, 1.82) is 0 Å². The molecule has 0 saturated heterocycles. The standard InChI is InChI=1S/C9H15Cl/c1-4-5-6-8(2)7-9(3)10/h8-9H,6-7H2,1-3H3. The molecule has 0 aliphatic heterocycles. The van der Waals surface area contributed by atoms with Crippen LogP contribution in [0.25, 0.3) is 0 Å². The number of rotatable bonds is 3. The molecule has 0 nitrogen and oxygen atoms in total. The van der Waals surface area contributed by atoms with E-state index in [1.165, 1.54) is 0 Å². The Morgan fingerprint density at radius 2 is 2.00 bits per heavy atom. The van der Waals surface area contributed by atoms with Crippen molar-refractivity contribution in [3.8, 4) is 11.8 Å². The van der Waals surface area contributed by atoms with Crippen molar-refractivity contribution >= 4 is 11.6 Å². The van der Waals surface area contributed by atoms with Gasteiger partial charge in [-0.15, -0.1) is 23.4 Å². The molecule has 0 aromatic carbocycles. The molecule has 0 saturated carbocycles. The van der Waals surface area contributed by atoms with Gasteiger partial charge in [-0.3, -0.25) is 0 Å². The van der Waals surface area contributed by atoms with Gasteiger partial charge in [0.05, 0.1) is 0 Å². The summed E-state index contributed by atoms with van der Waals surface area (Å²) in [6.45, 7) is 6.08. The second-order valence-corrected chi connectivity index (χ2v) is 3.50. The highest BCUT2D eigenvalue weighted by molar-refractivity contribution is 6.20. The molecule has 0 fully saturated rings. The van der Waals surface area contributed by atoms with E-state index in [-0.39, 0.29) is 5.38 Å². The largest absolute Gasteiger partial charge is 0.123 e. The lowest BCUT2D eigenvalue weighted by atomic mass is 10.0. The number of halogens is 1.